The third-order valence-corrected chi connectivity index (χ3v) is 6.28. The van der Waals surface area contributed by atoms with E-state index in [4.69, 9.17) is 4.74 Å². The van der Waals surface area contributed by atoms with Crippen LogP contribution in [0.15, 0.2) is 29.4 Å². The average Bonchev–Trinajstić information content (AvgIpc) is 3.19. The number of ether oxygens (including phenoxy) is 1. The van der Waals surface area contributed by atoms with Gasteiger partial charge in [-0.05, 0) is 37.8 Å². The van der Waals surface area contributed by atoms with Gasteiger partial charge in [0.2, 0.25) is 10.0 Å². The van der Waals surface area contributed by atoms with Crippen LogP contribution >= 0.6 is 0 Å². The monoisotopic (exact) mass is 310 g/mol. The van der Waals surface area contributed by atoms with E-state index < -0.39 is 10.0 Å². The normalized spacial score (nSPS) is 24.0. The van der Waals surface area contributed by atoms with E-state index in [9.17, 15) is 8.42 Å². The molecule has 116 valence electrons. The van der Waals surface area contributed by atoms with Gasteiger partial charge >= 0.3 is 0 Å². The molecule has 1 saturated heterocycles. The van der Waals surface area contributed by atoms with Crippen LogP contribution in [0.2, 0.25) is 0 Å². The van der Waals surface area contributed by atoms with Gasteiger partial charge in [0.25, 0.3) is 0 Å². The molecule has 1 unspecified atom stereocenters. The number of hydrogen-bond acceptors (Lipinski definition) is 4. The maximum atomic E-state index is 12.9. The summed E-state index contributed by atoms with van der Waals surface area (Å²) in [6, 6.07) is 3.41. The molecule has 0 amide bonds. The second-order valence-corrected chi connectivity index (χ2v) is 7.73. The Bertz CT molecular complexity index is 550. The summed E-state index contributed by atoms with van der Waals surface area (Å²) >= 11 is 0. The lowest BCUT2D eigenvalue weighted by Gasteiger charge is -2.30. The summed E-state index contributed by atoms with van der Waals surface area (Å²) in [4.78, 5) is 4.24. The molecule has 0 bridgehead atoms. The third kappa shape index (κ3) is 3.27. The van der Waals surface area contributed by atoms with E-state index in [-0.39, 0.29) is 17.0 Å². The Morgan fingerprint density at radius 2 is 2.05 bits per heavy atom. The molecule has 1 aromatic rings. The molecule has 0 spiro atoms. The summed E-state index contributed by atoms with van der Waals surface area (Å²) in [7, 11) is -3.48. The second kappa shape index (κ2) is 6.42. The molecule has 0 N–H and O–H groups in total. The van der Waals surface area contributed by atoms with Crippen molar-refractivity contribution in [3.8, 4) is 0 Å². The van der Waals surface area contributed by atoms with Gasteiger partial charge in [-0.25, -0.2) is 8.42 Å². The predicted octanol–water partition coefficient (Wildman–Crippen LogP) is 2.19. The molecule has 2 fully saturated rings. The van der Waals surface area contributed by atoms with Gasteiger partial charge in [0.1, 0.15) is 4.90 Å². The summed E-state index contributed by atoms with van der Waals surface area (Å²) < 4.78 is 33.2. The zero-order valence-corrected chi connectivity index (χ0v) is 13.0. The van der Waals surface area contributed by atoms with Crippen molar-refractivity contribution in [2.75, 3.05) is 13.2 Å². The molecule has 1 saturated carbocycles. The first-order valence-electron chi connectivity index (χ1n) is 7.71. The van der Waals surface area contributed by atoms with E-state index in [1.165, 1.54) is 6.20 Å². The van der Waals surface area contributed by atoms with E-state index in [0.717, 1.165) is 45.1 Å². The average molecular weight is 310 g/mol. The van der Waals surface area contributed by atoms with Crippen molar-refractivity contribution < 1.29 is 13.2 Å². The van der Waals surface area contributed by atoms with Gasteiger partial charge in [0, 0.05) is 31.6 Å². The summed E-state index contributed by atoms with van der Waals surface area (Å²) in [5.41, 5.74) is 0. The zero-order valence-electron chi connectivity index (χ0n) is 12.1. The van der Waals surface area contributed by atoms with Crippen molar-refractivity contribution in [1.29, 1.82) is 0 Å². The van der Waals surface area contributed by atoms with E-state index >= 15 is 0 Å². The molecule has 0 aromatic carbocycles. The Morgan fingerprint density at radius 1 is 1.24 bits per heavy atom. The molecule has 21 heavy (non-hydrogen) atoms. The minimum absolute atomic E-state index is 0.0389. The topological polar surface area (TPSA) is 59.5 Å². The number of rotatable bonds is 5. The summed E-state index contributed by atoms with van der Waals surface area (Å²) in [6.45, 7) is 1.22. The van der Waals surface area contributed by atoms with Gasteiger partial charge in [-0.3, -0.25) is 4.98 Å². The lowest BCUT2D eigenvalue weighted by molar-refractivity contribution is 0.0861. The molecule has 1 aliphatic heterocycles. The van der Waals surface area contributed by atoms with Crippen molar-refractivity contribution in [2.24, 2.45) is 0 Å². The minimum atomic E-state index is -3.48. The van der Waals surface area contributed by atoms with Crippen molar-refractivity contribution in [1.82, 2.24) is 9.29 Å². The Labute approximate surface area is 126 Å². The van der Waals surface area contributed by atoms with Crippen molar-refractivity contribution in [2.45, 2.75) is 55.6 Å². The van der Waals surface area contributed by atoms with E-state index in [1.54, 1.807) is 22.6 Å². The summed E-state index contributed by atoms with van der Waals surface area (Å²) in [6.07, 6.45) is 9.16. The zero-order chi connectivity index (χ0) is 14.7. The fourth-order valence-electron chi connectivity index (χ4n) is 3.26. The number of pyridine rings is 1. The molecule has 3 rings (SSSR count). The molecule has 5 nitrogen and oxygen atoms in total. The first kappa shape index (κ1) is 14.9. The highest BCUT2D eigenvalue weighted by atomic mass is 32.2. The van der Waals surface area contributed by atoms with Gasteiger partial charge in [-0.1, -0.05) is 12.8 Å². The largest absolute Gasteiger partial charge is 0.377 e. The molecular formula is C15H22N2O3S. The highest BCUT2D eigenvalue weighted by Gasteiger charge is 2.35. The van der Waals surface area contributed by atoms with Crippen LogP contribution in [0.1, 0.15) is 38.5 Å². The molecule has 2 heterocycles. The van der Waals surface area contributed by atoms with Crippen LogP contribution in [0.5, 0.6) is 0 Å². The smallest absolute Gasteiger partial charge is 0.244 e. The van der Waals surface area contributed by atoms with Gasteiger partial charge in [0.05, 0.1) is 6.10 Å². The van der Waals surface area contributed by atoms with Crippen LogP contribution in [0.25, 0.3) is 0 Å². The highest BCUT2D eigenvalue weighted by molar-refractivity contribution is 7.89. The second-order valence-electron chi connectivity index (χ2n) is 5.84. The quantitative estimate of drug-likeness (QED) is 0.836. The van der Waals surface area contributed by atoms with Crippen LogP contribution in [0.3, 0.4) is 0 Å². The number of aromatic nitrogens is 1. The van der Waals surface area contributed by atoms with Crippen LogP contribution in [-0.2, 0) is 14.8 Å². The van der Waals surface area contributed by atoms with Gasteiger partial charge in [0.15, 0.2) is 0 Å². The van der Waals surface area contributed by atoms with Crippen LogP contribution in [0, 0.1) is 0 Å². The van der Waals surface area contributed by atoms with Crippen molar-refractivity contribution in [3.63, 3.8) is 0 Å². The molecule has 1 atom stereocenters. The summed E-state index contributed by atoms with van der Waals surface area (Å²) in [5, 5.41) is 0. The van der Waals surface area contributed by atoms with Gasteiger partial charge < -0.3 is 4.74 Å². The Balaban J connectivity index is 1.86. The molecular weight excluding hydrogens is 288 g/mol. The fraction of sp³-hybridized carbons (Fsp3) is 0.667. The molecule has 6 heteroatoms. The van der Waals surface area contributed by atoms with Crippen LogP contribution in [-0.4, -0.2) is 43.0 Å². The first-order valence-corrected chi connectivity index (χ1v) is 9.15. The lowest BCUT2D eigenvalue weighted by Crippen LogP contribution is -2.43. The summed E-state index contributed by atoms with van der Waals surface area (Å²) in [5.74, 6) is 0. The van der Waals surface area contributed by atoms with E-state index in [0.29, 0.717) is 6.54 Å². The number of hydrogen-bond donors (Lipinski definition) is 0. The lowest BCUT2D eigenvalue weighted by atomic mass is 10.2. The van der Waals surface area contributed by atoms with E-state index in [1.807, 2.05) is 0 Å². The highest BCUT2D eigenvalue weighted by Crippen LogP contribution is 2.30. The number of sulfonamides is 1. The molecule has 1 aromatic heterocycles. The molecule has 2 aliphatic rings. The maximum Gasteiger partial charge on any atom is 0.244 e. The predicted molar refractivity (Wildman–Crippen MR) is 79.4 cm³/mol. The van der Waals surface area contributed by atoms with Crippen molar-refractivity contribution >= 4 is 10.0 Å². The Morgan fingerprint density at radius 3 is 2.67 bits per heavy atom. The van der Waals surface area contributed by atoms with Crippen LogP contribution in [0.4, 0.5) is 0 Å². The Hall–Kier alpha value is -0.980. The van der Waals surface area contributed by atoms with Gasteiger partial charge in [-0.2, -0.15) is 4.31 Å². The Kier molecular flexibility index (Phi) is 4.57. The number of nitrogens with zero attached hydrogens (tertiary/aromatic N) is 2. The van der Waals surface area contributed by atoms with Crippen molar-refractivity contribution in [3.05, 3.63) is 24.5 Å². The maximum absolute atomic E-state index is 12.9. The minimum Gasteiger partial charge on any atom is -0.377 e. The van der Waals surface area contributed by atoms with Gasteiger partial charge in [-0.15, -0.1) is 0 Å². The van der Waals surface area contributed by atoms with E-state index in [2.05, 4.69) is 4.98 Å². The fourth-order valence-corrected chi connectivity index (χ4v) is 4.94. The molecule has 1 aliphatic carbocycles. The third-order valence-electron chi connectivity index (χ3n) is 4.38. The van der Waals surface area contributed by atoms with Crippen LogP contribution < -0.4 is 0 Å². The standard InChI is InChI=1S/C15H22N2O3S/c18-21(19,15-8-3-9-16-11-15)17(13-5-1-2-6-13)12-14-7-4-10-20-14/h3,8-9,11,13-14H,1-2,4-7,10,12H2. The SMILES string of the molecule is O=S(=O)(c1cccnc1)N(CC1CCCO1)C1CCCC1. The molecule has 0 radical (unpaired) electrons. The first-order chi connectivity index (χ1) is 10.2.